The van der Waals surface area contributed by atoms with Crippen molar-refractivity contribution in [3.05, 3.63) is 27.0 Å². The molecule has 0 aromatic carbocycles. The summed E-state index contributed by atoms with van der Waals surface area (Å²) in [5.74, 6) is 0. The Hall–Kier alpha value is -0.120. The second-order valence-electron chi connectivity index (χ2n) is 1.93. The normalized spacial score (nSPS) is 10.8. The van der Waals surface area contributed by atoms with Gasteiger partial charge in [0, 0.05) is 0 Å². The number of hydrogen-bond acceptors (Lipinski definition) is 1. The summed E-state index contributed by atoms with van der Waals surface area (Å²) in [5, 5.41) is -0.290. The average Bonchev–Trinajstić information content (AvgIpc) is 1.96. The van der Waals surface area contributed by atoms with E-state index in [0.717, 1.165) is 6.07 Å². The van der Waals surface area contributed by atoms with E-state index in [9.17, 15) is 8.78 Å². The molecule has 0 radical (unpaired) electrons. The van der Waals surface area contributed by atoms with Gasteiger partial charge in [-0.25, -0.2) is 13.8 Å². The minimum atomic E-state index is -2.74. The van der Waals surface area contributed by atoms with Crippen molar-refractivity contribution in [1.29, 1.82) is 0 Å². The molecular weight excluding hydrogens is 230 g/mol. The van der Waals surface area contributed by atoms with Crippen LogP contribution in [0.25, 0.3) is 0 Å². The summed E-state index contributed by atoms with van der Waals surface area (Å²) in [4.78, 5) is 3.32. The molecule has 0 aliphatic carbocycles. The molecule has 1 nitrogen and oxygen atoms in total. The Bertz CT molecular complexity index is 303. The number of nitrogens with zero attached hydrogens (tertiary/aromatic N) is 1. The summed E-state index contributed by atoms with van der Waals surface area (Å²) < 4.78 is 24.2. The Labute approximate surface area is 82.3 Å². The predicted octanol–water partition coefficient (Wildman–Crippen LogP) is 3.98. The van der Waals surface area contributed by atoms with Crippen LogP contribution in [0.3, 0.4) is 0 Å². The standard InChI is InChI=1S/C6H2Cl3F2N/c7-2-1-3(8)5(9)12-4(2)6(10)11/h1,6H. The Morgan fingerprint density at radius 3 is 2.25 bits per heavy atom. The van der Waals surface area contributed by atoms with E-state index < -0.39 is 12.1 Å². The first-order chi connectivity index (χ1) is 5.52. The molecule has 0 atom stereocenters. The third-order valence-corrected chi connectivity index (χ3v) is 2.10. The highest BCUT2D eigenvalue weighted by Crippen LogP contribution is 2.30. The molecule has 0 amide bonds. The maximum Gasteiger partial charge on any atom is 0.281 e. The van der Waals surface area contributed by atoms with E-state index in [1.165, 1.54) is 0 Å². The Morgan fingerprint density at radius 1 is 1.17 bits per heavy atom. The fourth-order valence-corrected chi connectivity index (χ4v) is 1.20. The van der Waals surface area contributed by atoms with Crippen LogP contribution in [0.1, 0.15) is 12.1 Å². The van der Waals surface area contributed by atoms with Gasteiger partial charge in [-0.3, -0.25) is 0 Å². The molecule has 0 saturated heterocycles. The number of aromatic nitrogens is 1. The monoisotopic (exact) mass is 231 g/mol. The van der Waals surface area contributed by atoms with Crippen LogP contribution in [0.4, 0.5) is 8.78 Å². The van der Waals surface area contributed by atoms with Crippen molar-refractivity contribution < 1.29 is 8.78 Å². The molecular formula is C6H2Cl3F2N. The summed E-state index contributed by atoms with van der Waals surface area (Å²) in [7, 11) is 0. The van der Waals surface area contributed by atoms with E-state index in [-0.39, 0.29) is 15.2 Å². The van der Waals surface area contributed by atoms with Gasteiger partial charge in [-0.05, 0) is 6.07 Å². The van der Waals surface area contributed by atoms with Gasteiger partial charge < -0.3 is 0 Å². The van der Waals surface area contributed by atoms with Crippen molar-refractivity contribution in [1.82, 2.24) is 4.98 Å². The van der Waals surface area contributed by atoms with Crippen LogP contribution < -0.4 is 0 Å². The molecule has 0 saturated carbocycles. The summed E-state index contributed by atoms with van der Waals surface area (Å²) in [6, 6.07) is 1.14. The number of halogens is 5. The molecule has 1 rings (SSSR count). The molecule has 0 fully saturated rings. The zero-order valence-corrected chi connectivity index (χ0v) is 7.76. The van der Waals surface area contributed by atoms with E-state index >= 15 is 0 Å². The molecule has 6 heteroatoms. The zero-order valence-electron chi connectivity index (χ0n) is 5.49. The maximum atomic E-state index is 12.1. The molecule has 1 aromatic rings. The van der Waals surface area contributed by atoms with E-state index in [2.05, 4.69) is 4.98 Å². The third kappa shape index (κ3) is 1.97. The van der Waals surface area contributed by atoms with Crippen molar-refractivity contribution >= 4 is 34.8 Å². The second-order valence-corrected chi connectivity index (χ2v) is 3.10. The smallest absolute Gasteiger partial charge is 0.232 e. The maximum absolute atomic E-state index is 12.1. The molecule has 0 aliphatic rings. The number of pyridine rings is 1. The number of hydrogen-bond donors (Lipinski definition) is 0. The summed E-state index contributed by atoms with van der Waals surface area (Å²) >= 11 is 16.3. The molecule has 0 bridgehead atoms. The number of alkyl halides is 2. The molecule has 0 spiro atoms. The zero-order chi connectivity index (χ0) is 9.30. The van der Waals surface area contributed by atoms with Crippen LogP contribution >= 0.6 is 34.8 Å². The molecule has 0 unspecified atom stereocenters. The minimum Gasteiger partial charge on any atom is -0.232 e. The van der Waals surface area contributed by atoms with Crippen molar-refractivity contribution in [3.63, 3.8) is 0 Å². The SMILES string of the molecule is FC(F)c1nc(Cl)c(Cl)cc1Cl. The summed E-state index contributed by atoms with van der Waals surface area (Å²) in [5.41, 5.74) is -0.550. The molecule has 1 aromatic heterocycles. The third-order valence-electron chi connectivity index (χ3n) is 1.12. The van der Waals surface area contributed by atoms with Crippen LogP contribution in [0.5, 0.6) is 0 Å². The first-order valence-electron chi connectivity index (χ1n) is 2.82. The van der Waals surface area contributed by atoms with Crippen molar-refractivity contribution in [3.8, 4) is 0 Å². The Kier molecular flexibility index (Phi) is 3.09. The lowest BCUT2D eigenvalue weighted by molar-refractivity contribution is 0.146. The van der Waals surface area contributed by atoms with E-state index in [1.807, 2.05) is 0 Å². The predicted molar refractivity (Wildman–Crippen MR) is 44.2 cm³/mol. The first-order valence-corrected chi connectivity index (χ1v) is 3.95. The molecule has 66 valence electrons. The van der Waals surface area contributed by atoms with Gasteiger partial charge in [0.25, 0.3) is 6.43 Å². The van der Waals surface area contributed by atoms with Crippen molar-refractivity contribution in [2.75, 3.05) is 0 Å². The summed E-state index contributed by atoms with van der Waals surface area (Å²) in [6.07, 6.45) is -2.74. The Balaban J connectivity index is 3.23. The van der Waals surface area contributed by atoms with Gasteiger partial charge in [0.1, 0.15) is 10.8 Å². The van der Waals surface area contributed by atoms with Crippen molar-refractivity contribution in [2.24, 2.45) is 0 Å². The molecule has 0 N–H and O–H groups in total. The van der Waals surface area contributed by atoms with Gasteiger partial charge in [-0.1, -0.05) is 34.8 Å². The van der Waals surface area contributed by atoms with Crippen LogP contribution in [-0.2, 0) is 0 Å². The lowest BCUT2D eigenvalue weighted by atomic mass is 10.3. The molecule has 1 heterocycles. The highest BCUT2D eigenvalue weighted by atomic mass is 35.5. The lowest BCUT2D eigenvalue weighted by Gasteiger charge is -2.02. The van der Waals surface area contributed by atoms with Gasteiger partial charge in [-0.15, -0.1) is 0 Å². The van der Waals surface area contributed by atoms with E-state index in [4.69, 9.17) is 34.8 Å². The van der Waals surface area contributed by atoms with Gasteiger partial charge in [0.05, 0.1) is 10.0 Å². The minimum absolute atomic E-state index is 0.0612. The van der Waals surface area contributed by atoms with Gasteiger partial charge in [0.2, 0.25) is 0 Å². The lowest BCUT2D eigenvalue weighted by Crippen LogP contribution is -1.92. The fourth-order valence-electron chi connectivity index (χ4n) is 0.610. The fraction of sp³-hybridized carbons (Fsp3) is 0.167. The topological polar surface area (TPSA) is 12.9 Å². The van der Waals surface area contributed by atoms with Gasteiger partial charge in [-0.2, -0.15) is 0 Å². The average molecular weight is 232 g/mol. The van der Waals surface area contributed by atoms with Gasteiger partial charge in [0.15, 0.2) is 0 Å². The van der Waals surface area contributed by atoms with Crippen LogP contribution in [0.2, 0.25) is 15.2 Å². The molecule has 0 aliphatic heterocycles. The van der Waals surface area contributed by atoms with E-state index in [1.54, 1.807) is 0 Å². The molecule has 12 heavy (non-hydrogen) atoms. The quantitative estimate of drug-likeness (QED) is 0.667. The first kappa shape index (κ1) is 9.96. The van der Waals surface area contributed by atoms with Crippen LogP contribution in [0.15, 0.2) is 6.07 Å². The number of rotatable bonds is 1. The largest absolute Gasteiger partial charge is 0.281 e. The van der Waals surface area contributed by atoms with Crippen LogP contribution in [0, 0.1) is 0 Å². The Morgan fingerprint density at radius 2 is 1.75 bits per heavy atom. The van der Waals surface area contributed by atoms with Crippen molar-refractivity contribution in [2.45, 2.75) is 6.43 Å². The van der Waals surface area contributed by atoms with E-state index in [0.29, 0.717) is 0 Å². The highest BCUT2D eigenvalue weighted by Gasteiger charge is 2.15. The second kappa shape index (κ2) is 3.73. The summed E-state index contributed by atoms with van der Waals surface area (Å²) in [6.45, 7) is 0. The van der Waals surface area contributed by atoms with Gasteiger partial charge >= 0.3 is 0 Å². The highest BCUT2D eigenvalue weighted by molar-refractivity contribution is 6.42. The van der Waals surface area contributed by atoms with Crippen LogP contribution in [-0.4, -0.2) is 4.98 Å².